The molecule has 0 spiro atoms. The summed E-state index contributed by atoms with van der Waals surface area (Å²) in [5, 5.41) is 16.3. The number of fused-ring (bicyclic) bond motifs is 3. The molecule has 0 radical (unpaired) electrons. The summed E-state index contributed by atoms with van der Waals surface area (Å²) in [6, 6.07) is -3.83. The molecule has 0 unspecified atom stereocenters. The van der Waals surface area contributed by atoms with Gasteiger partial charge in [0.1, 0.15) is 18.1 Å². The number of rotatable bonds is 8. The number of hydrogen-bond donors (Lipinski definition) is 3. The fourth-order valence-electron chi connectivity index (χ4n) is 6.08. The van der Waals surface area contributed by atoms with Crippen molar-refractivity contribution in [2.24, 2.45) is 17.8 Å². The Bertz CT molecular complexity index is 1010. The molecule has 4 amide bonds. The van der Waals surface area contributed by atoms with Gasteiger partial charge in [-0.15, -0.1) is 0 Å². The van der Waals surface area contributed by atoms with Crippen molar-refractivity contribution in [3.63, 3.8) is 0 Å². The summed E-state index contributed by atoms with van der Waals surface area (Å²) < 4.78 is 68.9. The molecular formula is C24H30F5N5O4. The molecule has 3 saturated heterocycles. The molecule has 3 N–H and O–H groups in total. The largest absolute Gasteiger partial charge is 0.471 e. The van der Waals surface area contributed by atoms with Gasteiger partial charge in [0, 0.05) is 24.9 Å². The van der Waals surface area contributed by atoms with Crippen LogP contribution in [0.2, 0.25) is 0 Å². The van der Waals surface area contributed by atoms with E-state index in [0.717, 1.165) is 11.3 Å². The molecule has 2 aliphatic carbocycles. The van der Waals surface area contributed by atoms with Crippen LogP contribution in [-0.4, -0.2) is 71.3 Å². The number of nitrogens with one attached hydrogen (secondary N) is 3. The standard InChI is InChI=1S/C24H30F5N5O4/c25-23(26)10-15-4-5-16(23)18(20(36)32-14(11-30)9-13-6-7-31-19(13)35)34(15)21(37)17(8-12-2-1-3-12)33-22(38)24(27,28)29/h12-18H,1-10H2,(H,31,35)(H,32,36)(H,33,38)/t13-,14-,15-,16-,17+,18-/m1/s1. The minimum atomic E-state index is -5.25. The van der Waals surface area contributed by atoms with E-state index in [1.54, 1.807) is 5.32 Å². The number of piperidine rings is 2. The lowest BCUT2D eigenvalue weighted by molar-refractivity contribution is -0.196. The highest BCUT2D eigenvalue weighted by Gasteiger charge is 2.61. The molecular weight excluding hydrogens is 517 g/mol. The number of amides is 4. The molecule has 0 aromatic carbocycles. The van der Waals surface area contributed by atoms with Crippen LogP contribution in [0.4, 0.5) is 22.0 Å². The van der Waals surface area contributed by atoms with E-state index in [4.69, 9.17) is 0 Å². The van der Waals surface area contributed by atoms with Crippen molar-refractivity contribution in [3.05, 3.63) is 0 Å². The van der Waals surface area contributed by atoms with Gasteiger partial charge in [0.25, 0.3) is 5.92 Å². The molecule has 3 aliphatic heterocycles. The Morgan fingerprint density at radius 3 is 2.34 bits per heavy atom. The molecule has 2 saturated carbocycles. The van der Waals surface area contributed by atoms with Crippen LogP contribution in [0.3, 0.4) is 0 Å². The van der Waals surface area contributed by atoms with E-state index in [1.165, 1.54) is 0 Å². The van der Waals surface area contributed by atoms with Crippen molar-refractivity contribution < 1.29 is 41.1 Å². The Morgan fingerprint density at radius 2 is 1.82 bits per heavy atom. The highest BCUT2D eigenvalue weighted by molar-refractivity contribution is 5.94. The predicted octanol–water partition coefficient (Wildman–Crippen LogP) is 1.77. The Balaban J connectivity index is 1.58. The van der Waals surface area contributed by atoms with Crippen LogP contribution < -0.4 is 16.0 Å². The van der Waals surface area contributed by atoms with Crippen molar-refractivity contribution in [1.29, 1.82) is 5.26 Å². The average Bonchev–Trinajstić information content (AvgIpc) is 3.21. The number of alkyl halides is 5. The van der Waals surface area contributed by atoms with E-state index in [2.05, 4.69) is 10.6 Å². The Hall–Kier alpha value is -2.98. The van der Waals surface area contributed by atoms with Gasteiger partial charge in [-0.05, 0) is 38.0 Å². The Labute approximate surface area is 215 Å². The number of nitriles is 1. The van der Waals surface area contributed by atoms with Crippen LogP contribution in [0.5, 0.6) is 0 Å². The van der Waals surface area contributed by atoms with Crippen LogP contribution >= 0.6 is 0 Å². The molecule has 2 bridgehead atoms. The van der Waals surface area contributed by atoms with E-state index in [9.17, 15) is 46.4 Å². The van der Waals surface area contributed by atoms with Crippen molar-refractivity contribution in [3.8, 4) is 6.07 Å². The van der Waals surface area contributed by atoms with Crippen LogP contribution in [0.15, 0.2) is 0 Å². The Kier molecular flexibility index (Phi) is 7.86. The van der Waals surface area contributed by atoms with Crippen molar-refractivity contribution in [2.75, 3.05) is 6.54 Å². The number of halogens is 5. The van der Waals surface area contributed by atoms with Gasteiger partial charge in [0.2, 0.25) is 17.7 Å². The third kappa shape index (κ3) is 5.71. The highest BCUT2D eigenvalue weighted by Crippen LogP contribution is 2.49. The summed E-state index contributed by atoms with van der Waals surface area (Å²) in [5.41, 5.74) is 0. The normalized spacial score (nSPS) is 30.0. The number of carbonyl (C=O) groups excluding carboxylic acids is 4. The molecule has 6 atom stereocenters. The predicted molar refractivity (Wildman–Crippen MR) is 120 cm³/mol. The zero-order valence-electron chi connectivity index (χ0n) is 20.5. The maximum atomic E-state index is 14.9. The van der Waals surface area contributed by atoms with Crippen molar-refractivity contribution in [2.45, 2.75) is 94.1 Å². The average molecular weight is 548 g/mol. The fourth-order valence-corrected chi connectivity index (χ4v) is 6.08. The van der Waals surface area contributed by atoms with E-state index >= 15 is 0 Å². The van der Waals surface area contributed by atoms with Crippen LogP contribution in [0.25, 0.3) is 0 Å². The maximum absolute atomic E-state index is 14.9. The lowest BCUT2D eigenvalue weighted by atomic mass is 9.71. The molecule has 5 rings (SSSR count). The summed E-state index contributed by atoms with van der Waals surface area (Å²) >= 11 is 0. The third-order valence-electron chi connectivity index (χ3n) is 8.27. The van der Waals surface area contributed by atoms with Crippen LogP contribution in [0.1, 0.15) is 57.8 Å². The van der Waals surface area contributed by atoms with E-state index in [1.807, 2.05) is 6.07 Å². The van der Waals surface area contributed by atoms with Gasteiger partial charge in [-0.1, -0.05) is 19.3 Å². The van der Waals surface area contributed by atoms with E-state index < -0.39 is 72.2 Å². The van der Waals surface area contributed by atoms with Crippen molar-refractivity contribution in [1.82, 2.24) is 20.9 Å². The molecule has 0 aromatic rings. The summed E-state index contributed by atoms with van der Waals surface area (Å²) in [6.45, 7) is 0.405. The molecule has 5 fully saturated rings. The minimum Gasteiger partial charge on any atom is -0.356 e. The minimum absolute atomic E-state index is 0.0504. The number of nitrogens with zero attached hydrogens (tertiary/aromatic N) is 2. The quantitative estimate of drug-likeness (QED) is 0.399. The molecule has 0 aromatic heterocycles. The monoisotopic (exact) mass is 547 g/mol. The zero-order chi connectivity index (χ0) is 27.8. The highest BCUT2D eigenvalue weighted by atomic mass is 19.4. The number of hydrogen-bond acceptors (Lipinski definition) is 5. The molecule has 210 valence electrons. The summed E-state index contributed by atoms with van der Waals surface area (Å²) in [6.07, 6.45) is -3.56. The van der Waals surface area contributed by atoms with Crippen LogP contribution in [0, 0.1) is 29.1 Å². The molecule has 9 nitrogen and oxygen atoms in total. The molecule has 14 heteroatoms. The second kappa shape index (κ2) is 10.6. The first-order valence-corrected chi connectivity index (χ1v) is 12.9. The topological polar surface area (TPSA) is 131 Å². The van der Waals surface area contributed by atoms with Gasteiger partial charge in [-0.3, -0.25) is 19.2 Å². The zero-order valence-corrected chi connectivity index (χ0v) is 20.5. The molecule has 38 heavy (non-hydrogen) atoms. The van der Waals surface area contributed by atoms with Crippen LogP contribution in [-0.2, 0) is 19.2 Å². The second-order valence-corrected chi connectivity index (χ2v) is 10.8. The van der Waals surface area contributed by atoms with E-state index in [0.29, 0.717) is 25.8 Å². The third-order valence-corrected chi connectivity index (χ3v) is 8.27. The SMILES string of the molecule is N#C[C@@H](C[C@H]1CCNC1=O)NC(=O)[C@H]1[C@H]2CC[C@H](CC2(F)F)N1C(=O)[C@H](CC1CCC1)NC(=O)C(F)(F)F. The van der Waals surface area contributed by atoms with Crippen molar-refractivity contribution >= 4 is 23.6 Å². The van der Waals surface area contributed by atoms with E-state index in [-0.39, 0.29) is 37.5 Å². The van der Waals surface area contributed by atoms with Gasteiger partial charge in [-0.25, -0.2) is 8.78 Å². The van der Waals surface area contributed by atoms with Gasteiger partial charge in [-0.2, -0.15) is 18.4 Å². The Morgan fingerprint density at radius 1 is 1.11 bits per heavy atom. The van der Waals surface area contributed by atoms with Gasteiger partial charge < -0.3 is 20.9 Å². The number of carbonyl (C=O) groups is 4. The first-order chi connectivity index (χ1) is 17.8. The van der Waals surface area contributed by atoms with Gasteiger partial charge >= 0.3 is 12.1 Å². The van der Waals surface area contributed by atoms with Gasteiger partial charge in [0.15, 0.2) is 0 Å². The maximum Gasteiger partial charge on any atom is 0.471 e. The molecule has 3 heterocycles. The smallest absolute Gasteiger partial charge is 0.356 e. The first kappa shape index (κ1) is 28.0. The summed E-state index contributed by atoms with van der Waals surface area (Å²) in [7, 11) is 0. The first-order valence-electron chi connectivity index (χ1n) is 12.9. The summed E-state index contributed by atoms with van der Waals surface area (Å²) in [5.74, 6) is -10.2. The van der Waals surface area contributed by atoms with Gasteiger partial charge in [0.05, 0.1) is 12.0 Å². The second-order valence-electron chi connectivity index (χ2n) is 10.8. The summed E-state index contributed by atoms with van der Waals surface area (Å²) in [4.78, 5) is 51.5. The molecule has 5 aliphatic rings. The lowest BCUT2D eigenvalue weighted by Gasteiger charge is -2.54. The fraction of sp³-hybridized carbons (Fsp3) is 0.792. The lowest BCUT2D eigenvalue weighted by Crippen LogP contribution is -2.71.